The fraction of sp³-hybridized carbons (Fsp3) is 1.00. The molecule has 0 atom stereocenters. The minimum absolute atomic E-state index is 0.880. The lowest BCUT2D eigenvalue weighted by Crippen LogP contribution is -2.36. The zero-order valence-corrected chi connectivity index (χ0v) is 12.0. The van der Waals surface area contributed by atoms with Crippen LogP contribution in [-0.4, -0.2) is 27.5 Å². The standard InChI is InChI=1S/C8H22OSSi2/c1-7-9-12(5,6)8-10-11(2,3)4/h7-8H2,1-6H3. The van der Waals surface area contributed by atoms with Gasteiger partial charge in [0.15, 0.2) is 8.32 Å². The zero-order chi connectivity index (χ0) is 9.83. The summed E-state index contributed by atoms with van der Waals surface area (Å²) >= 11 is 2.16. The molecule has 12 heavy (non-hydrogen) atoms. The number of rotatable bonds is 5. The van der Waals surface area contributed by atoms with Crippen molar-refractivity contribution in [2.45, 2.75) is 39.7 Å². The normalized spacial score (nSPS) is 13.5. The third-order valence-corrected chi connectivity index (χ3v) is 10.6. The molecule has 0 aliphatic heterocycles. The Morgan fingerprint density at radius 2 is 1.58 bits per heavy atom. The maximum absolute atomic E-state index is 5.76. The van der Waals surface area contributed by atoms with E-state index in [4.69, 9.17) is 4.43 Å². The van der Waals surface area contributed by atoms with Crippen molar-refractivity contribution in [2.24, 2.45) is 0 Å². The average Bonchev–Trinajstić information content (AvgIpc) is 1.83. The lowest BCUT2D eigenvalue weighted by atomic mass is 10.9. The van der Waals surface area contributed by atoms with Gasteiger partial charge in [0.05, 0.1) is 0 Å². The van der Waals surface area contributed by atoms with E-state index >= 15 is 0 Å². The van der Waals surface area contributed by atoms with Crippen LogP contribution in [0.2, 0.25) is 32.7 Å². The highest BCUT2D eigenvalue weighted by molar-refractivity contribution is 8.29. The van der Waals surface area contributed by atoms with Gasteiger partial charge in [-0.3, -0.25) is 0 Å². The fourth-order valence-corrected chi connectivity index (χ4v) is 12.1. The summed E-state index contributed by atoms with van der Waals surface area (Å²) in [4.78, 5) is 0. The molecule has 0 bridgehead atoms. The van der Waals surface area contributed by atoms with Crippen LogP contribution in [0.25, 0.3) is 0 Å². The molecular weight excluding hydrogens is 200 g/mol. The van der Waals surface area contributed by atoms with Crippen LogP contribution in [0.5, 0.6) is 0 Å². The second-order valence-electron chi connectivity index (χ2n) is 4.59. The van der Waals surface area contributed by atoms with Gasteiger partial charge in [-0.15, -0.1) is 0 Å². The minimum atomic E-state index is -1.32. The Hall–Kier alpha value is 0.744. The van der Waals surface area contributed by atoms with E-state index < -0.39 is 15.5 Å². The molecule has 0 saturated heterocycles. The van der Waals surface area contributed by atoms with Crippen molar-refractivity contribution in [1.29, 1.82) is 0 Å². The summed E-state index contributed by atoms with van der Waals surface area (Å²) in [6.45, 7) is 14.8. The molecule has 0 saturated carbocycles. The molecule has 0 radical (unpaired) electrons. The molecule has 4 heteroatoms. The molecule has 0 aliphatic carbocycles. The van der Waals surface area contributed by atoms with Gasteiger partial charge in [0, 0.05) is 12.0 Å². The summed E-state index contributed by atoms with van der Waals surface area (Å²) < 4.78 is 5.76. The molecule has 0 aliphatic rings. The molecule has 0 fully saturated rings. The van der Waals surface area contributed by atoms with E-state index in [1.165, 1.54) is 5.38 Å². The van der Waals surface area contributed by atoms with Crippen molar-refractivity contribution >= 4 is 26.8 Å². The average molecular weight is 223 g/mol. The molecule has 0 spiro atoms. The predicted octanol–water partition coefficient (Wildman–Crippen LogP) is 3.34. The Morgan fingerprint density at radius 1 is 1.08 bits per heavy atom. The summed E-state index contributed by atoms with van der Waals surface area (Å²) in [5.74, 6) is 0. The second-order valence-corrected chi connectivity index (χ2v) is 18.6. The predicted molar refractivity (Wildman–Crippen MR) is 64.9 cm³/mol. The quantitative estimate of drug-likeness (QED) is 0.660. The Kier molecular flexibility index (Phi) is 5.13. The van der Waals surface area contributed by atoms with Crippen LogP contribution in [0.1, 0.15) is 6.92 Å². The zero-order valence-electron chi connectivity index (χ0n) is 9.23. The molecule has 74 valence electrons. The van der Waals surface area contributed by atoms with Crippen LogP contribution in [0.4, 0.5) is 0 Å². The molecular formula is C8H22OSSi2. The number of hydrogen-bond donors (Lipinski definition) is 0. The molecule has 0 amide bonds. The Morgan fingerprint density at radius 3 is 1.92 bits per heavy atom. The van der Waals surface area contributed by atoms with Gasteiger partial charge >= 0.3 is 0 Å². The van der Waals surface area contributed by atoms with Crippen molar-refractivity contribution in [3.8, 4) is 0 Å². The maximum Gasteiger partial charge on any atom is 0.195 e. The molecule has 0 heterocycles. The van der Waals surface area contributed by atoms with Crippen molar-refractivity contribution < 1.29 is 4.43 Å². The van der Waals surface area contributed by atoms with Gasteiger partial charge in [-0.05, 0) is 20.0 Å². The highest BCUT2D eigenvalue weighted by Crippen LogP contribution is 2.23. The van der Waals surface area contributed by atoms with E-state index in [1.807, 2.05) is 0 Å². The summed E-state index contributed by atoms with van der Waals surface area (Å²) in [7, 11) is -2.24. The first-order chi connectivity index (χ1) is 5.27. The fourth-order valence-electron chi connectivity index (χ4n) is 0.823. The molecule has 0 aromatic heterocycles. The molecule has 0 aromatic carbocycles. The first-order valence-electron chi connectivity index (χ1n) is 4.55. The van der Waals surface area contributed by atoms with Crippen LogP contribution in [0, 0.1) is 0 Å². The first kappa shape index (κ1) is 12.7. The van der Waals surface area contributed by atoms with Crippen LogP contribution >= 0.6 is 11.2 Å². The van der Waals surface area contributed by atoms with Gasteiger partial charge in [0.2, 0.25) is 0 Å². The van der Waals surface area contributed by atoms with Crippen molar-refractivity contribution in [3.05, 3.63) is 0 Å². The molecule has 0 unspecified atom stereocenters. The van der Waals surface area contributed by atoms with Gasteiger partial charge in [-0.25, -0.2) is 0 Å². The van der Waals surface area contributed by atoms with E-state index in [9.17, 15) is 0 Å². The summed E-state index contributed by atoms with van der Waals surface area (Å²) in [6, 6.07) is 0. The van der Waals surface area contributed by atoms with Crippen molar-refractivity contribution in [2.75, 3.05) is 12.0 Å². The van der Waals surface area contributed by atoms with Crippen LogP contribution in [0.15, 0.2) is 0 Å². The van der Waals surface area contributed by atoms with Gasteiger partial charge in [-0.2, -0.15) is 11.2 Å². The topological polar surface area (TPSA) is 9.23 Å². The van der Waals surface area contributed by atoms with Gasteiger partial charge in [0.25, 0.3) is 0 Å². The van der Waals surface area contributed by atoms with E-state index in [0.717, 1.165) is 6.61 Å². The SMILES string of the molecule is CCO[Si](C)(C)CS[Si](C)(C)C. The van der Waals surface area contributed by atoms with E-state index in [2.05, 4.69) is 50.9 Å². The lowest BCUT2D eigenvalue weighted by molar-refractivity contribution is 0.334. The largest absolute Gasteiger partial charge is 0.417 e. The van der Waals surface area contributed by atoms with Crippen molar-refractivity contribution in [3.63, 3.8) is 0 Å². The van der Waals surface area contributed by atoms with E-state index in [1.54, 1.807) is 0 Å². The monoisotopic (exact) mass is 222 g/mol. The Bertz CT molecular complexity index is 132. The lowest BCUT2D eigenvalue weighted by Gasteiger charge is -2.25. The smallest absolute Gasteiger partial charge is 0.195 e. The van der Waals surface area contributed by atoms with Crippen LogP contribution < -0.4 is 0 Å². The first-order valence-corrected chi connectivity index (χ1v) is 12.9. The summed E-state index contributed by atoms with van der Waals surface area (Å²) in [6.07, 6.45) is 0. The Labute approximate surface area is 83.1 Å². The number of hydrogen-bond acceptors (Lipinski definition) is 2. The van der Waals surface area contributed by atoms with Crippen LogP contribution in [0.3, 0.4) is 0 Å². The maximum atomic E-state index is 5.76. The third-order valence-electron chi connectivity index (χ3n) is 1.39. The summed E-state index contributed by atoms with van der Waals surface area (Å²) in [5, 5.41) is 1.26. The summed E-state index contributed by atoms with van der Waals surface area (Å²) in [5.41, 5.74) is 0. The van der Waals surface area contributed by atoms with Gasteiger partial charge in [-0.1, -0.05) is 19.6 Å². The van der Waals surface area contributed by atoms with Crippen molar-refractivity contribution in [1.82, 2.24) is 0 Å². The van der Waals surface area contributed by atoms with Crippen LogP contribution in [-0.2, 0) is 4.43 Å². The molecule has 0 aromatic rings. The molecule has 1 nitrogen and oxygen atoms in total. The third kappa shape index (κ3) is 7.40. The highest BCUT2D eigenvalue weighted by atomic mass is 32.4. The van der Waals surface area contributed by atoms with Gasteiger partial charge < -0.3 is 4.43 Å². The van der Waals surface area contributed by atoms with E-state index in [0.29, 0.717) is 0 Å². The Balaban J connectivity index is 3.75. The molecule has 0 N–H and O–H groups in total. The highest BCUT2D eigenvalue weighted by Gasteiger charge is 2.25. The minimum Gasteiger partial charge on any atom is -0.417 e. The van der Waals surface area contributed by atoms with Gasteiger partial charge in [0.1, 0.15) is 7.22 Å². The molecule has 0 rings (SSSR count). The van der Waals surface area contributed by atoms with E-state index in [-0.39, 0.29) is 0 Å². The second kappa shape index (κ2) is 4.84.